The predicted octanol–water partition coefficient (Wildman–Crippen LogP) is 2.66. The fourth-order valence-electron chi connectivity index (χ4n) is 1.26. The van der Waals surface area contributed by atoms with E-state index >= 15 is 0 Å². The van der Waals surface area contributed by atoms with Crippen LogP contribution >= 0.6 is 0 Å². The zero-order valence-electron chi connectivity index (χ0n) is 11.0. The first-order chi connectivity index (χ1) is 7.52. The Morgan fingerprint density at radius 1 is 1.44 bits per heavy atom. The molecule has 0 aliphatic rings. The van der Waals surface area contributed by atoms with E-state index in [0.29, 0.717) is 6.54 Å². The van der Waals surface area contributed by atoms with Gasteiger partial charge in [-0.25, -0.2) is 0 Å². The molecule has 0 unspecified atom stereocenters. The van der Waals surface area contributed by atoms with Gasteiger partial charge in [-0.15, -0.1) is 0 Å². The van der Waals surface area contributed by atoms with Crippen LogP contribution in [-0.2, 0) is 9.53 Å². The van der Waals surface area contributed by atoms with Crippen molar-refractivity contribution in [1.29, 1.82) is 0 Å². The summed E-state index contributed by atoms with van der Waals surface area (Å²) in [7, 11) is 0. The van der Waals surface area contributed by atoms with Crippen molar-refractivity contribution in [1.82, 2.24) is 5.32 Å². The minimum Gasteiger partial charge on any atom is -0.376 e. The van der Waals surface area contributed by atoms with E-state index in [4.69, 9.17) is 4.74 Å². The maximum Gasteiger partial charge on any atom is 0.243 e. The van der Waals surface area contributed by atoms with Gasteiger partial charge in [0, 0.05) is 13.2 Å². The minimum atomic E-state index is -0.154. The van der Waals surface area contributed by atoms with Gasteiger partial charge in [0.1, 0.15) is 0 Å². The Balaban J connectivity index is 3.68. The number of allylic oxidation sites excluding steroid dienone is 1. The molecule has 0 aromatic rings. The predicted molar refractivity (Wildman–Crippen MR) is 67.4 cm³/mol. The van der Waals surface area contributed by atoms with Crippen molar-refractivity contribution in [2.45, 2.75) is 52.6 Å². The smallest absolute Gasteiger partial charge is 0.243 e. The number of hydrogen-bond acceptors (Lipinski definition) is 2. The molecule has 0 saturated carbocycles. The molecule has 0 fully saturated rings. The van der Waals surface area contributed by atoms with E-state index in [-0.39, 0.29) is 11.5 Å². The highest BCUT2D eigenvalue weighted by Crippen LogP contribution is 2.14. The molecule has 3 heteroatoms. The second-order valence-electron chi connectivity index (χ2n) is 4.50. The topological polar surface area (TPSA) is 38.3 Å². The summed E-state index contributed by atoms with van der Waals surface area (Å²) in [5, 5.41) is 2.82. The Labute approximate surface area is 99.3 Å². The second kappa shape index (κ2) is 8.34. The summed E-state index contributed by atoms with van der Waals surface area (Å²) in [5.41, 5.74) is -0.154. The molecule has 0 saturated heterocycles. The molecule has 94 valence electrons. The van der Waals surface area contributed by atoms with Crippen LogP contribution in [0.3, 0.4) is 0 Å². The number of rotatable bonds is 8. The number of carbonyl (C=O) groups is 1. The third-order valence-electron chi connectivity index (χ3n) is 2.34. The second-order valence-corrected chi connectivity index (χ2v) is 4.50. The van der Waals surface area contributed by atoms with Gasteiger partial charge in [0.2, 0.25) is 5.91 Å². The number of carbonyl (C=O) groups excluding carboxylic acids is 1. The lowest BCUT2D eigenvalue weighted by atomic mass is 10.1. The van der Waals surface area contributed by atoms with Crippen molar-refractivity contribution >= 4 is 5.91 Å². The van der Waals surface area contributed by atoms with Crippen LogP contribution in [0.2, 0.25) is 0 Å². The fourth-order valence-corrected chi connectivity index (χ4v) is 1.26. The summed E-state index contributed by atoms with van der Waals surface area (Å²) in [4.78, 5) is 11.2. The highest BCUT2D eigenvalue weighted by atomic mass is 16.5. The van der Waals surface area contributed by atoms with Crippen molar-refractivity contribution in [3.8, 4) is 0 Å². The average Bonchev–Trinajstić information content (AvgIpc) is 2.18. The van der Waals surface area contributed by atoms with Crippen LogP contribution in [-0.4, -0.2) is 24.7 Å². The molecule has 0 atom stereocenters. The Hall–Kier alpha value is -0.830. The molecule has 0 aliphatic heterocycles. The first-order valence-electron chi connectivity index (χ1n) is 6.06. The van der Waals surface area contributed by atoms with Crippen molar-refractivity contribution in [2.24, 2.45) is 0 Å². The van der Waals surface area contributed by atoms with Gasteiger partial charge in [-0.1, -0.05) is 19.4 Å². The van der Waals surface area contributed by atoms with Crippen LogP contribution in [0.25, 0.3) is 0 Å². The van der Waals surface area contributed by atoms with Crippen LogP contribution in [0.15, 0.2) is 12.2 Å². The Morgan fingerprint density at radius 3 is 2.69 bits per heavy atom. The number of amides is 1. The van der Waals surface area contributed by atoms with Gasteiger partial charge < -0.3 is 10.1 Å². The van der Waals surface area contributed by atoms with E-state index in [0.717, 1.165) is 25.9 Å². The van der Waals surface area contributed by atoms with Gasteiger partial charge in [-0.3, -0.25) is 4.79 Å². The standard InChI is InChI=1S/C13H25NO2/c1-5-7-11-16-13(3,4)9-10-14-12(15)8-6-2/h6,8H,5,7,9-11H2,1-4H3,(H,14,15)/b8-6+. The number of unbranched alkanes of at least 4 members (excludes halogenated alkanes) is 1. The zero-order valence-corrected chi connectivity index (χ0v) is 11.0. The molecular weight excluding hydrogens is 202 g/mol. The molecule has 0 spiro atoms. The van der Waals surface area contributed by atoms with E-state index in [9.17, 15) is 4.79 Å². The van der Waals surface area contributed by atoms with Crippen molar-refractivity contribution in [2.75, 3.05) is 13.2 Å². The van der Waals surface area contributed by atoms with E-state index in [1.807, 2.05) is 6.92 Å². The molecule has 16 heavy (non-hydrogen) atoms. The van der Waals surface area contributed by atoms with Gasteiger partial charge in [0.25, 0.3) is 0 Å². The number of hydrogen-bond donors (Lipinski definition) is 1. The molecule has 0 aliphatic carbocycles. The van der Waals surface area contributed by atoms with Crippen LogP contribution in [0.4, 0.5) is 0 Å². The van der Waals surface area contributed by atoms with Gasteiger partial charge >= 0.3 is 0 Å². The molecule has 0 aromatic carbocycles. The first-order valence-corrected chi connectivity index (χ1v) is 6.06. The number of ether oxygens (including phenoxy) is 1. The van der Waals surface area contributed by atoms with Crippen molar-refractivity contribution in [3.05, 3.63) is 12.2 Å². The third-order valence-corrected chi connectivity index (χ3v) is 2.34. The first kappa shape index (κ1) is 15.2. The Morgan fingerprint density at radius 2 is 2.12 bits per heavy atom. The molecule has 1 amide bonds. The van der Waals surface area contributed by atoms with E-state index in [1.165, 1.54) is 6.08 Å². The summed E-state index contributed by atoms with van der Waals surface area (Å²) in [5.74, 6) is -0.0353. The van der Waals surface area contributed by atoms with Gasteiger partial charge in [-0.05, 0) is 39.7 Å². The molecule has 0 radical (unpaired) electrons. The monoisotopic (exact) mass is 227 g/mol. The van der Waals surface area contributed by atoms with Gasteiger partial charge in [0.15, 0.2) is 0 Å². The SMILES string of the molecule is C/C=C/C(=O)NCCC(C)(C)OCCCC. The minimum absolute atomic E-state index is 0.0353. The van der Waals surface area contributed by atoms with Crippen LogP contribution < -0.4 is 5.32 Å². The van der Waals surface area contributed by atoms with Crippen LogP contribution in [0, 0.1) is 0 Å². The average molecular weight is 227 g/mol. The summed E-state index contributed by atoms with van der Waals surface area (Å²) < 4.78 is 5.74. The van der Waals surface area contributed by atoms with Crippen molar-refractivity contribution in [3.63, 3.8) is 0 Å². The summed E-state index contributed by atoms with van der Waals surface area (Å²) in [6.07, 6.45) is 6.34. The normalized spacial score (nSPS) is 12.0. The zero-order chi connectivity index (χ0) is 12.4. The molecule has 0 aromatic heterocycles. The molecular formula is C13H25NO2. The van der Waals surface area contributed by atoms with E-state index in [2.05, 4.69) is 26.1 Å². The molecule has 1 N–H and O–H groups in total. The van der Waals surface area contributed by atoms with E-state index < -0.39 is 0 Å². The Kier molecular flexibility index (Phi) is 7.90. The lowest BCUT2D eigenvalue weighted by Crippen LogP contribution is -2.32. The summed E-state index contributed by atoms with van der Waals surface area (Å²) >= 11 is 0. The summed E-state index contributed by atoms with van der Waals surface area (Å²) in [6.45, 7) is 9.55. The molecule has 0 heterocycles. The quantitative estimate of drug-likeness (QED) is 0.511. The van der Waals surface area contributed by atoms with E-state index in [1.54, 1.807) is 6.08 Å². The highest BCUT2D eigenvalue weighted by Gasteiger charge is 2.17. The van der Waals surface area contributed by atoms with Gasteiger partial charge in [-0.2, -0.15) is 0 Å². The fraction of sp³-hybridized carbons (Fsp3) is 0.769. The van der Waals surface area contributed by atoms with Crippen LogP contribution in [0.5, 0.6) is 0 Å². The third kappa shape index (κ3) is 8.48. The Bertz CT molecular complexity index is 222. The lowest BCUT2D eigenvalue weighted by molar-refractivity contribution is -0.116. The lowest BCUT2D eigenvalue weighted by Gasteiger charge is -2.25. The molecule has 0 rings (SSSR count). The summed E-state index contributed by atoms with van der Waals surface area (Å²) in [6, 6.07) is 0. The van der Waals surface area contributed by atoms with Crippen molar-refractivity contribution < 1.29 is 9.53 Å². The number of nitrogens with one attached hydrogen (secondary N) is 1. The maximum absolute atomic E-state index is 11.2. The van der Waals surface area contributed by atoms with Gasteiger partial charge in [0.05, 0.1) is 5.60 Å². The largest absolute Gasteiger partial charge is 0.376 e. The van der Waals surface area contributed by atoms with Crippen LogP contribution in [0.1, 0.15) is 47.0 Å². The highest BCUT2D eigenvalue weighted by molar-refractivity contribution is 5.87. The maximum atomic E-state index is 11.2. The molecule has 3 nitrogen and oxygen atoms in total. The molecule has 0 bridgehead atoms.